The Bertz CT molecular complexity index is 512. The van der Waals surface area contributed by atoms with Gasteiger partial charge in [-0.3, -0.25) is 4.79 Å². The number of halogens is 3. The minimum Gasteiger partial charge on any atom is -0.479 e. The molecule has 0 fully saturated rings. The van der Waals surface area contributed by atoms with Gasteiger partial charge in [-0.25, -0.2) is 4.79 Å². The smallest absolute Gasteiger partial charge is 0.394 e. The van der Waals surface area contributed by atoms with Crippen molar-refractivity contribution >= 4 is 11.9 Å². The van der Waals surface area contributed by atoms with Crippen LogP contribution in [0.15, 0.2) is 30.3 Å². The lowest BCUT2D eigenvalue weighted by Gasteiger charge is -2.27. The molecule has 0 radical (unpaired) electrons. The molecule has 1 aromatic carbocycles. The van der Waals surface area contributed by atoms with Crippen LogP contribution >= 0.6 is 0 Å². The van der Waals surface area contributed by atoms with Gasteiger partial charge in [-0.15, -0.1) is 0 Å². The normalized spacial score (nSPS) is 13.6. The van der Waals surface area contributed by atoms with E-state index in [0.29, 0.717) is 5.56 Å². The van der Waals surface area contributed by atoms with E-state index in [9.17, 15) is 22.8 Å². The van der Waals surface area contributed by atoms with E-state index >= 15 is 0 Å². The van der Waals surface area contributed by atoms with Gasteiger partial charge in [0.2, 0.25) is 5.91 Å². The molecule has 1 rings (SSSR count). The molecular weight excluding hydrogens is 287 g/mol. The molecule has 0 aliphatic carbocycles. The Balaban J connectivity index is 2.82. The van der Waals surface area contributed by atoms with E-state index in [-0.39, 0.29) is 0 Å². The van der Waals surface area contributed by atoms with Crippen molar-refractivity contribution in [1.82, 2.24) is 5.32 Å². The van der Waals surface area contributed by atoms with Crippen molar-refractivity contribution in [2.45, 2.75) is 32.5 Å². The molecule has 1 atom stereocenters. The summed E-state index contributed by atoms with van der Waals surface area (Å²) < 4.78 is 38.1. The number of carboxylic acids is 1. The number of carboxylic acid groups (broad SMARTS) is 1. The van der Waals surface area contributed by atoms with Crippen LogP contribution in [0.3, 0.4) is 0 Å². The maximum absolute atomic E-state index is 12.7. The van der Waals surface area contributed by atoms with Crippen molar-refractivity contribution in [1.29, 1.82) is 0 Å². The highest BCUT2D eigenvalue weighted by Gasteiger charge is 2.48. The molecule has 1 unspecified atom stereocenters. The first kappa shape index (κ1) is 17.0. The number of rotatable bonds is 5. The topological polar surface area (TPSA) is 66.4 Å². The van der Waals surface area contributed by atoms with Crippen LogP contribution < -0.4 is 5.32 Å². The van der Waals surface area contributed by atoms with Crippen LogP contribution in [0.4, 0.5) is 13.2 Å². The predicted octanol–water partition coefficient (Wildman–Crippen LogP) is 2.91. The Labute approximate surface area is 120 Å². The molecule has 1 aromatic rings. The quantitative estimate of drug-likeness (QED) is 0.879. The van der Waals surface area contributed by atoms with Gasteiger partial charge >= 0.3 is 12.1 Å². The van der Waals surface area contributed by atoms with Gasteiger partial charge in [-0.2, -0.15) is 13.2 Å². The van der Waals surface area contributed by atoms with E-state index in [1.165, 1.54) is 12.1 Å². The molecule has 2 N–H and O–H groups in total. The van der Waals surface area contributed by atoms with Crippen molar-refractivity contribution in [2.24, 2.45) is 5.41 Å². The Morgan fingerprint density at radius 3 is 2.14 bits per heavy atom. The summed E-state index contributed by atoms with van der Waals surface area (Å²) in [7, 11) is 0. The van der Waals surface area contributed by atoms with Crippen molar-refractivity contribution in [2.75, 3.05) is 0 Å². The SMILES string of the molecule is CC(C)(CC(=O)NC(C(=O)O)c1ccccc1)C(F)(F)F. The number of amides is 1. The fraction of sp³-hybridized carbons (Fsp3) is 0.429. The highest BCUT2D eigenvalue weighted by atomic mass is 19.4. The lowest BCUT2D eigenvalue weighted by atomic mass is 9.88. The zero-order chi connectivity index (χ0) is 16.3. The summed E-state index contributed by atoms with van der Waals surface area (Å²) in [6, 6.07) is 6.41. The number of nitrogens with one attached hydrogen (secondary N) is 1. The summed E-state index contributed by atoms with van der Waals surface area (Å²) in [5.74, 6) is -2.30. The van der Waals surface area contributed by atoms with Gasteiger partial charge in [0.15, 0.2) is 6.04 Å². The maximum atomic E-state index is 12.7. The van der Waals surface area contributed by atoms with Gasteiger partial charge in [0.05, 0.1) is 5.41 Å². The van der Waals surface area contributed by atoms with Gasteiger partial charge in [-0.1, -0.05) is 44.2 Å². The van der Waals surface area contributed by atoms with Gasteiger partial charge < -0.3 is 10.4 Å². The van der Waals surface area contributed by atoms with Crippen LogP contribution in [0.25, 0.3) is 0 Å². The lowest BCUT2D eigenvalue weighted by Crippen LogP contribution is -2.40. The molecule has 0 saturated heterocycles. The Hall–Kier alpha value is -2.05. The molecule has 1 amide bonds. The van der Waals surface area contributed by atoms with Crippen molar-refractivity contribution in [3.63, 3.8) is 0 Å². The van der Waals surface area contributed by atoms with Crippen LogP contribution in [-0.4, -0.2) is 23.2 Å². The van der Waals surface area contributed by atoms with Crippen molar-refractivity contribution < 1.29 is 27.9 Å². The minimum absolute atomic E-state index is 0.295. The van der Waals surface area contributed by atoms with E-state index in [2.05, 4.69) is 5.32 Å². The second-order valence-corrected chi connectivity index (χ2v) is 5.31. The Kier molecular flexibility index (Phi) is 4.98. The summed E-state index contributed by atoms with van der Waals surface area (Å²) in [6.07, 6.45) is -5.39. The molecule has 7 heteroatoms. The van der Waals surface area contributed by atoms with E-state index in [0.717, 1.165) is 13.8 Å². The lowest BCUT2D eigenvalue weighted by molar-refractivity contribution is -0.213. The van der Waals surface area contributed by atoms with Gasteiger partial charge in [0.25, 0.3) is 0 Å². The first-order valence-corrected chi connectivity index (χ1v) is 6.18. The fourth-order valence-corrected chi connectivity index (χ4v) is 1.65. The van der Waals surface area contributed by atoms with Crippen molar-refractivity contribution in [3.8, 4) is 0 Å². The average molecular weight is 303 g/mol. The number of alkyl halides is 3. The summed E-state index contributed by atoms with van der Waals surface area (Å²) in [6.45, 7) is 1.79. The second-order valence-electron chi connectivity index (χ2n) is 5.31. The van der Waals surface area contributed by atoms with Crippen LogP contribution in [0.1, 0.15) is 31.9 Å². The third-order valence-corrected chi connectivity index (χ3v) is 3.06. The highest BCUT2D eigenvalue weighted by Crippen LogP contribution is 2.40. The van der Waals surface area contributed by atoms with Gasteiger partial charge in [0.1, 0.15) is 0 Å². The standard InChI is InChI=1S/C14H16F3NO3/c1-13(2,14(15,16)17)8-10(19)18-11(12(20)21)9-6-4-3-5-7-9/h3-7,11H,8H2,1-2H3,(H,18,19)(H,20,21). The average Bonchev–Trinajstić information content (AvgIpc) is 2.34. The number of carbonyl (C=O) groups is 2. The first-order valence-electron chi connectivity index (χ1n) is 6.18. The largest absolute Gasteiger partial charge is 0.479 e. The zero-order valence-electron chi connectivity index (χ0n) is 11.6. The number of benzene rings is 1. The van der Waals surface area contributed by atoms with Crippen LogP contribution in [0, 0.1) is 5.41 Å². The highest BCUT2D eigenvalue weighted by molar-refractivity contribution is 5.84. The molecule has 0 heterocycles. The van der Waals surface area contributed by atoms with Gasteiger partial charge in [-0.05, 0) is 5.56 Å². The van der Waals surface area contributed by atoms with E-state index in [1.807, 2.05) is 0 Å². The molecule has 0 aromatic heterocycles. The van der Waals surface area contributed by atoms with E-state index in [4.69, 9.17) is 5.11 Å². The third kappa shape index (κ3) is 4.47. The molecule has 4 nitrogen and oxygen atoms in total. The van der Waals surface area contributed by atoms with Crippen LogP contribution in [0.5, 0.6) is 0 Å². The predicted molar refractivity (Wildman–Crippen MR) is 69.4 cm³/mol. The maximum Gasteiger partial charge on any atom is 0.394 e. The summed E-state index contributed by atoms with van der Waals surface area (Å²) in [4.78, 5) is 22.9. The number of hydrogen-bond acceptors (Lipinski definition) is 2. The molecular formula is C14H16F3NO3. The van der Waals surface area contributed by atoms with E-state index in [1.54, 1.807) is 18.2 Å². The number of carbonyl (C=O) groups excluding carboxylic acids is 1. The molecule has 21 heavy (non-hydrogen) atoms. The molecule has 0 aliphatic heterocycles. The number of aliphatic carboxylic acids is 1. The second kappa shape index (κ2) is 6.15. The third-order valence-electron chi connectivity index (χ3n) is 3.06. The van der Waals surface area contributed by atoms with E-state index < -0.39 is 35.9 Å². The zero-order valence-corrected chi connectivity index (χ0v) is 11.6. The summed E-state index contributed by atoms with van der Waals surface area (Å²) in [5, 5.41) is 11.2. The molecule has 0 saturated carbocycles. The monoisotopic (exact) mass is 303 g/mol. The molecule has 0 bridgehead atoms. The fourth-order valence-electron chi connectivity index (χ4n) is 1.65. The molecule has 0 aliphatic rings. The Morgan fingerprint density at radius 2 is 1.71 bits per heavy atom. The summed E-state index contributed by atoms with van der Waals surface area (Å²) in [5.41, 5.74) is -1.93. The van der Waals surface area contributed by atoms with Crippen LogP contribution in [0.2, 0.25) is 0 Å². The molecule has 0 spiro atoms. The Morgan fingerprint density at radius 1 is 1.19 bits per heavy atom. The summed E-state index contributed by atoms with van der Waals surface area (Å²) >= 11 is 0. The first-order chi connectivity index (χ1) is 9.54. The molecule has 116 valence electrons. The van der Waals surface area contributed by atoms with Gasteiger partial charge in [0, 0.05) is 6.42 Å². The van der Waals surface area contributed by atoms with Crippen LogP contribution in [-0.2, 0) is 9.59 Å². The minimum atomic E-state index is -4.55. The van der Waals surface area contributed by atoms with Crippen molar-refractivity contribution in [3.05, 3.63) is 35.9 Å². The number of hydrogen-bond donors (Lipinski definition) is 2.